The van der Waals surface area contributed by atoms with Gasteiger partial charge in [-0.1, -0.05) is 289 Å². The molecule has 81 heavy (non-hydrogen) atoms. The van der Waals surface area contributed by atoms with Gasteiger partial charge in [0.15, 0.2) is 6.10 Å². The molecule has 0 N–H and O–H groups in total. The molecule has 0 aromatic heterocycles. The molecule has 0 rings (SSSR count). The summed E-state index contributed by atoms with van der Waals surface area (Å²) in [7, 11) is 0. The SMILES string of the molecule is CC/C=C\C/C=C\C/C=C\C/C=C\C/C=C\CCCC(=O)OC(COC(=O)CCCCCCCCC/C=C\C/C=C\C/C=C\CC)COC(=O)CCCCCCCCCCCCCCCC/C=C\C/C=C\C/C=C\CCCCCCC. The van der Waals surface area contributed by atoms with Crippen LogP contribution in [0.2, 0.25) is 0 Å². The van der Waals surface area contributed by atoms with Crippen LogP contribution < -0.4 is 0 Å². The van der Waals surface area contributed by atoms with Gasteiger partial charge < -0.3 is 14.2 Å². The summed E-state index contributed by atoms with van der Waals surface area (Å²) in [6.07, 6.45) is 96.2. The van der Waals surface area contributed by atoms with E-state index in [1.54, 1.807) is 0 Å². The van der Waals surface area contributed by atoms with Crippen LogP contribution in [0.5, 0.6) is 0 Å². The number of allylic oxidation sites excluding steroid dienone is 22. The number of carbonyl (C=O) groups excluding carboxylic acids is 3. The molecule has 0 bridgehead atoms. The minimum absolute atomic E-state index is 0.107. The lowest BCUT2D eigenvalue weighted by atomic mass is 10.0. The van der Waals surface area contributed by atoms with E-state index in [0.29, 0.717) is 19.3 Å². The molecule has 460 valence electrons. The zero-order valence-corrected chi connectivity index (χ0v) is 52.8. The predicted molar refractivity (Wildman–Crippen MR) is 353 cm³/mol. The van der Waals surface area contributed by atoms with Crippen molar-refractivity contribution in [2.75, 3.05) is 13.2 Å². The molecule has 0 saturated heterocycles. The minimum atomic E-state index is -0.818. The third-order valence-corrected chi connectivity index (χ3v) is 14.1. The molecular formula is C75H124O6. The van der Waals surface area contributed by atoms with Gasteiger partial charge in [0.05, 0.1) is 0 Å². The Morgan fingerprint density at radius 3 is 0.790 bits per heavy atom. The maximum absolute atomic E-state index is 12.9. The molecule has 0 radical (unpaired) electrons. The highest BCUT2D eigenvalue weighted by atomic mass is 16.6. The molecule has 0 aliphatic heterocycles. The van der Waals surface area contributed by atoms with E-state index < -0.39 is 6.10 Å². The number of esters is 3. The van der Waals surface area contributed by atoms with E-state index in [2.05, 4.69) is 154 Å². The van der Waals surface area contributed by atoms with Crippen molar-refractivity contribution < 1.29 is 28.6 Å². The lowest BCUT2D eigenvalue weighted by Gasteiger charge is -2.18. The summed E-state index contributed by atoms with van der Waals surface area (Å²) in [6.45, 7) is 6.37. The van der Waals surface area contributed by atoms with E-state index in [-0.39, 0.29) is 37.5 Å². The molecule has 6 nitrogen and oxygen atoms in total. The predicted octanol–water partition coefficient (Wildman–Crippen LogP) is 23.3. The molecule has 0 saturated carbocycles. The van der Waals surface area contributed by atoms with Gasteiger partial charge in [-0.15, -0.1) is 0 Å². The highest BCUT2D eigenvalue weighted by Gasteiger charge is 2.19. The Morgan fingerprint density at radius 2 is 0.494 bits per heavy atom. The number of ether oxygens (including phenoxy) is 3. The Kier molecular flexibility index (Phi) is 64.3. The van der Waals surface area contributed by atoms with Crippen LogP contribution >= 0.6 is 0 Å². The normalized spacial score (nSPS) is 13.0. The first-order valence-corrected chi connectivity index (χ1v) is 33.7. The number of unbranched alkanes of at least 4 members (excludes halogenated alkanes) is 27. The van der Waals surface area contributed by atoms with Crippen molar-refractivity contribution in [2.24, 2.45) is 0 Å². The molecule has 0 amide bonds. The number of rotatable bonds is 60. The molecule has 0 fully saturated rings. The van der Waals surface area contributed by atoms with E-state index in [4.69, 9.17) is 14.2 Å². The molecule has 0 aliphatic carbocycles. The lowest BCUT2D eigenvalue weighted by molar-refractivity contribution is -0.167. The van der Waals surface area contributed by atoms with Gasteiger partial charge in [0.2, 0.25) is 0 Å². The monoisotopic (exact) mass is 1120 g/mol. The number of carbonyl (C=O) groups is 3. The van der Waals surface area contributed by atoms with E-state index in [9.17, 15) is 14.4 Å². The molecule has 0 aliphatic rings. The van der Waals surface area contributed by atoms with Gasteiger partial charge in [-0.3, -0.25) is 14.4 Å². The largest absolute Gasteiger partial charge is 0.462 e. The zero-order valence-electron chi connectivity index (χ0n) is 52.8. The summed E-state index contributed by atoms with van der Waals surface area (Å²) >= 11 is 0. The third-order valence-electron chi connectivity index (χ3n) is 14.1. The van der Waals surface area contributed by atoms with E-state index in [1.165, 1.54) is 141 Å². The summed E-state index contributed by atoms with van der Waals surface area (Å²) in [5.41, 5.74) is 0. The Hall–Kier alpha value is -4.45. The minimum Gasteiger partial charge on any atom is -0.462 e. The van der Waals surface area contributed by atoms with Gasteiger partial charge in [-0.25, -0.2) is 0 Å². The summed E-state index contributed by atoms with van der Waals surface area (Å²) in [5, 5.41) is 0. The second-order valence-electron chi connectivity index (χ2n) is 22.0. The topological polar surface area (TPSA) is 78.9 Å². The van der Waals surface area contributed by atoms with Crippen LogP contribution in [0.25, 0.3) is 0 Å². The van der Waals surface area contributed by atoms with Gasteiger partial charge in [-0.2, -0.15) is 0 Å². The van der Waals surface area contributed by atoms with E-state index in [0.717, 1.165) is 116 Å². The summed E-state index contributed by atoms with van der Waals surface area (Å²) < 4.78 is 16.9. The summed E-state index contributed by atoms with van der Waals surface area (Å²) in [5.74, 6) is -0.972. The van der Waals surface area contributed by atoms with Gasteiger partial charge >= 0.3 is 17.9 Å². The van der Waals surface area contributed by atoms with Crippen LogP contribution in [0.3, 0.4) is 0 Å². The van der Waals surface area contributed by atoms with Gasteiger partial charge in [0, 0.05) is 19.3 Å². The number of hydrogen-bond acceptors (Lipinski definition) is 6. The molecule has 6 heteroatoms. The maximum Gasteiger partial charge on any atom is 0.306 e. The zero-order chi connectivity index (χ0) is 58.5. The third kappa shape index (κ3) is 66.2. The van der Waals surface area contributed by atoms with Crippen LogP contribution in [-0.4, -0.2) is 37.2 Å². The van der Waals surface area contributed by atoms with Crippen molar-refractivity contribution >= 4 is 17.9 Å². The average molecular weight is 1120 g/mol. The fourth-order valence-corrected chi connectivity index (χ4v) is 9.15. The summed E-state index contributed by atoms with van der Waals surface area (Å²) in [6, 6.07) is 0. The van der Waals surface area contributed by atoms with E-state index >= 15 is 0 Å². The molecule has 0 aromatic rings. The van der Waals surface area contributed by atoms with Gasteiger partial charge in [0.1, 0.15) is 13.2 Å². The molecular weight excluding hydrogens is 997 g/mol. The highest BCUT2D eigenvalue weighted by molar-refractivity contribution is 5.71. The van der Waals surface area contributed by atoms with Crippen LogP contribution in [0, 0.1) is 0 Å². The molecule has 0 heterocycles. The van der Waals surface area contributed by atoms with E-state index in [1.807, 2.05) is 0 Å². The Bertz CT molecular complexity index is 1720. The second kappa shape index (κ2) is 68.1. The Labute approximate surface area is 500 Å². The number of hydrogen-bond donors (Lipinski definition) is 0. The maximum atomic E-state index is 12.9. The fraction of sp³-hybridized carbons (Fsp3) is 0.667. The van der Waals surface area contributed by atoms with Gasteiger partial charge in [0.25, 0.3) is 0 Å². The fourth-order valence-electron chi connectivity index (χ4n) is 9.15. The van der Waals surface area contributed by atoms with Crippen molar-refractivity contribution in [3.05, 3.63) is 134 Å². The van der Waals surface area contributed by atoms with Crippen LogP contribution in [-0.2, 0) is 28.6 Å². The molecule has 1 unspecified atom stereocenters. The van der Waals surface area contributed by atoms with Crippen molar-refractivity contribution in [2.45, 2.75) is 309 Å². The molecule has 0 aromatic carbocycles. The quantitative estimate of drug-likeness (QED) is 0.0261. The standard InChI is InChI=1S/C75H124O6/c1-4-7-10-13-16-19-22-25-28-31-32-33-34-35-36-37-38-39-40-41-42-45-47-50-53-56-59-62-65-68-74(77)80-71-72(81-75(78)69-66-63-60-57-54-51-48-44-30-27-24-21-18-15-12-9-6-3)70-79-73(76)67-64-61-58-55-52-49-46-43-29-26-23-20-17-14-11-8-5-2/h8-9,11-12,17-18,20-22,25-27,29-32,34-35,48,51,57,60,72H,4-7,10,13-16,19,23-24,28,33,36-47,49-50,52-56,58-59,61-71H2,1-3H3/b11-8-,12-9-,20-17-,21-18-,25-22-,29-26-,30-27-,32-31-,35-34-,51-48-,60-57-. The smallest absolute Gasteiger partial charge is 0.306 e. The van der Waals surface area contributed by atoms with Crippen LogP contribution in [0.15, 0.2) is 134 Å². The first-order valence-electron chi connectivity index (χ1n) is 33.7. The van der Waals surface area contributed by atoms with Crippen molar-refractivity contribution in [3.8, 4) is 0 Å². The van der Waals surface area contributed by atoms with Crippen molar-refractivity contribution in [1.29, 1.82) is 0 Å². The second-order valence-corrected chi connectivity index (χ2v) is 22.0. The molecule has 1 atom stereocenters. The van der Waals surface area contributed by atoms with Crippen molar-refractivity contribution in [3.63, 3.8) is 0 Å². The first kappa shape index (κ1) is 76.5. The Morgan fingerprint density at radius 1 is 0.259 bits per heavy atom. The summed E-state index contributed by atoms with van der Waals surface area (Å²) in [4.78, 5) is 38.4. The lowest BCUT2D eigenvalue weighted by Crippen LogP contribution is -2.30. The van der Waals surface area contributed by atoms with Gasteiger partial charge in [-0.05, 0) is 128 Å². The Balaban J connectivity index is 4.36. The average Bonchev–Trinajstić information content (AvgIpc) is 3.47. The highest BCUT2D eigenvalue weighted by Crippen LogP contribution is 2.16. The molecule has 0 spiro atoms. The van der Waals surface area contributed by atoms with Crippen molar-refractivity contribution in [1.82, 2.24) is 0 Å². The van der Waals surface area contributed by atoms with Crippen LogP contribution in [0.1, 0.15) is 303 Å². The van der Waals surface area contributed by atoms with Crippen LogP contribution in [0.4, 0.5) is 0 Å². The first-order chi connectivity index (χ1) is 40.0.